The van der Waals surface area contributed by atoms with Crippen molar-refractivity contribution >= 4 is 23.9 Å². The number of hydrogen-bond acceptors (Lipinski definition) is 10. The largest absolute Gasteiger partial charge is 0.481 e. The number of carboxylic acids is 4. The summed E-state index contributed by atoms with van der Waals surface area (Å²) in [7, 11) is 0. The molecule has 2 rings (SSSR count). The first-order valence-corrected chi connectivity index (χ1v) is 13.1. The molecule has 0 aromatic heterocycles. The van der Waals surface area contributed by atoms with Gasteiger partial charge in [-0.15, -0.1) is 0 Å². The van der Waals surface area contributed by atoms with E-state index < -0.39 is 61.3 Å². The molecular formula is C24H42N4O10. The number of ether oxygens (including phenoxy) is 1. The molecule has 2 fully saturated rings. The van der Waals surface area contributed by atoms with E-state index in [9.17, 15) is 44.7 Å². The highest BCUT2D eigenvalue weighted by molar-refractivity contribution is 5.70. The van der Waals surface area contributed by atoms with E-state index in [0.717, 1.165) is 0 Å². The summed E-state index contributed by atoms with van der Waals surface area (Å²) >= 11 is 0. The van der Waals surface area contributed by atoms with Crippen LogP contribution in [0.3, 0.4) is 0 Å². The Kier molecular flexibility index (Phi) is 13.3. The predicted molar refractivity (Wildman–Crippen MR) is 134 cm³/mol. The van der Waals surface area contributed by atoms with Gasteiger partial charge in [0.2, 0.25) is 0 Å². The molecule has 6 N–H and O–H groups in total. The maximum absolute atomic E-state index is 11.9. The predicted octanol–water partition coefficient (Wildman–Crippen LogP) is -1.12. The molecule has 3 atom stereocenters. The first-order chi connectivity index (χ1) is 18.0. The van der Waals surface area contributed by atoms with Crippen LogP contribution in [0.4, 0.5) is 0 Å². The minimum absolute atomic E-state index is 0.105. The molecular weight excluding hydrogens is 504 g/mol. The number of hydrogen-bond donors (Lipinski definition) is 6. The second-order valence-corrected chi connectivity index (χ2v) is 9.95. The Balaban J connectivity index is 2.37. The third-order valence-electron chi connectivity index (χ3n) is 7.19. The Bertz CT molecular complexity index is 792. The van der Waals surface area contributed by atoms with Crippen LogP contribution in [-0.4, -0.2) is 147 Å². The number of nitrogens with one attached hydrogen (secondary N) is 1. The van der Waals surface area contributed by atoms with Gasteiger partial charge in [-0.25, -0.2) is 0 Å². The van der Waals surface area contributed by atoms with Crippen molar-refractivity contribution in [2.75, 3.05) is 58.9 Å². The van der Waals surface area contributed by atoms with Gasteiger partial charge in [0.25, 0.3) is 0 Å². The molecule has 1 aliphatic carbocycles. The van der Waals surface area contributed by atoms with Crippen LogP contribution in [-0.2, 0) is 23.9 Å². The van der Waals surface area contributed by atoms with E-state index in [4.69, 9.17) is 4.74 Å². The van der Waals surface area contributed by atoms with Crippen molar-refractivity contribution in [1.29, 1.82) is 0 Å². The van der Waals surface area contributed by atoms with E-state index in [-0.39, 0.29) is 32.3 Å². The lowest BCUT2D eigenvalue weighted by atomic mass is 9.87. The van der Waals surface area contributed by atoms with Crippen LogP contribution in [0.15, 0.2) is 0 Å². The standard InChI is InChI=1S/C24H42N4O10/c1-2-18(38-17-5-3-16(4-6-17)24(36)37)22-23(35)28(15-21(33)34)10-8-25-7-9-26(13-19(29)30)11-12-27(22)14-20(31)32/h16-18,22-23,25,35H,2-15H2,1H3,(H,29,30)(H,31,32)(H,33,34)(H,36,37). The van der Waals surface area contributed by atoms with Gasteiger partial charge < -0.3 is 35.6 Å². The summed E-state index contributed by atoms with van der Waals surface area (Å²) in [6.07, 6.45) is -0.0688. The number of aliphatic hydroxyl groups excluding tert-OH is 1. The highest BCUT2D eigenvalue weighted by atomic mass is 16.5. The first-order valence-electron chi connectivity index (χ1n) is 13.1. The van der Waals surface area contributed by atoms with Gasteiger partial charge in [0, 0.05) is 39.3 Å². The molecule has 14 nitrogen and oxygen atoms in total. The Morgan fingerprint density at radius 3 is 1.95 bits per heavy atom. The molecule has 0 aromatic rings. The molecule has 0 aromatic carbocycles. The van der Waals surface area contributed by atoms with Gasteiger partial charge in [0.05, 0.1) is 43.8 Å². The van der Waals surface area contributed by atoms with Crippen molar-refractivity contribution < 1.29 is 49.4 Å². The SMILES string of the molecule is CCC(OC1CCC(C(=O)O)CC1)C1C(O)N(CC(=O)O)CCNCCN(CC(=O)O)CCN1CC(=O)O. The number of carbonyl (C=O) groups is 4. The molecule has 1 saturated carbocycles. The third kappa shape index (κ3) is 10.4. The lowest BCUT2D eigenvalue weighted by Crippen LogP contribution is -2.62. The highest BCUT2D eigenvalue weighted by Gasteiger charge is 2.40. The summed E-state index contributed by atoms with van der Waals surface area (Å²) in [4.78, 5) is 50.8. The number of carboxylic acid groups (broad SMARTS) is 4. The summed E-state index contributed by atoms with van der Waals surface area (Å²) in [6, 6.07) is -0.932. The van der Waals surface area contributed by atoms with Crippen molar-refractivity contribution in [1.82, 2.24) is 20.0 Å². The first kappa shape index (κ1) is 31.9. The van der Waals surface area contributed by atoms with Gasteiger partial charge in [0.1, 0.15) is 6.23 Å². The van der Waals surface area contributed by atoms with Gasteiger partial charge in [-0.1, -0.05) is 6.92 Å². The maximum Gasteiger partial charge on any atom is 0.317 e. The van der Waals surface area contributed by atoms with Crippen molar-refractivity contribution in [3.8, 4) is 0 Å². The van der Waals surface area contributed by atoms with Gasteiger partial charge >= 0.3 is 23.9 Å². The van der Waals surface area contributed by atoms with E-state index >= 15 is 0 Å². The van der Waals surface area contributed by atoms with Crippen LogP contribution in [0.2, 0.25) is 0 Å². The Labute approximate surface area is 222 Å². The topological polar surface area (TPSA) is 200 Å². The molecule has 0 spiro atoms. The quantitative estimate of drug-likeness (QED) is 0.182. The highest BCUT2D eigenvalue weighted by Crippen LogP contribution is 2.29. The molecule has 1 heterocycles. The smallest absolute Gasteiger partial charge is 0.317 e. The van der Waals surface area contributed by atoms with Crippen LogP contribution in [0.1, 0.15) is 39.0 Å². The monoisotopic (exact) mass is 546 g/mol. The molecule has 218 valence electrons. The van der Waals surface area contributed by atoms with E-state index in [1.165, 1.54) is 9.80 Å². The van der Waals surface area contributed by atoms with Gasteiger partial charge in [-0.3, -0.25) is 33.9 Å². The molecule has 1 saturated heterocycles. The molecule has 0 radical (unpaired) electrons. The average molecular weight is 547 g/mol. The van der Waals surface area contributed by atoms with Gasteiger partial charge in [-0.05, 0) is 32.1 Å². The van der Waals surface area contributed by atoms with Crippen LogP contribution in [0.25, 0.3) is 0 Å². The number of rotatable bonds is 11. The van der Waals surface area contributed by atoms with Crippen molar-refractivity contribution in [3.05, 3.63) is 0 Å². The summed E-state index contributed by atoms with van der Waals surface area (Å²) < 4.78 is 6.37. The third-order valence-corrected chi connectivity index (χ3v) is 7.19. The fourth-order valence-electron chi connectivity index (χ4n) is 5.24. The lowest BCUT2D eigenvalue weighted by Gasteiger charge is -2.44. The summed E-state index contributed by atoms with van der Waals surface area (Å²) in [5.74, 6) is -4.60. The average Bonchev–Trinajstić information content (AvgIpc) is 2.84. The summed E-state index contributed by atoms with van der Waals surface area (Å²) in [5.41, 5.74) is 0. The van der Waals surface area contributed by atoms with Crippen molar-refractivity contribution in [2.45, 2.75) is 63.5 Å². The number of nitrogens with zero attached hydrogens (tertiary/aromatic N) is 3. The molecule has 0 amide bonds. The molecule has 2 aliphatic rings. The van der Waals surface area contributed by atoms with Crippen LogP contribution in [0.5, 0.6) is 0 Å². The van der Waals surface area contributed by atoms with E-state index in [0.29, 0.717) is 51.7 Å². The normalized spacial score (nSPS) is 28.1. The Morgan fingerprint density at radius 2 is 1.39 bits per heavy atom. The zero-order valence-corrected chi connectivity index (χ0v) is 21.9. The number of aliphatic hydroxyl groups is 1. The van der Waals surface area contributed by atoms with E-state index in [2.05, 4.69) is 5.32 Å². The van der Waals surface area contributed by atoms with Crippen LogP contribution >= 0.6 is 0 Å². The second-order valence-electron chi connectivity index (χ2n) is 9.95. The Hall–Kier alpha value is -2.36. The van der Waals surface area contributed by atoms with Gasteiger partial charge in [-0.2, -0.15) is 0 Å². The molecule has 0 bridgehead atoms. The number of aliphatic carboxylic acids is 4. The lowest BCUT2D eigenvalue weighted by molar-refractivity contribution is -0.162. The van der Waals surface area contributed by atoms with Crippen LogP contribution in [0, 0.1) is 5.92 Å². The zero-order valence-electron chi connectivity index (χ0n) is 21.9. The molecule has 38 heavy (non-hydrogen) atoms. The molecule has 3 unspecified atom stereocenters. The fraction of sp³-hybridized carbons (Fsp3) is 0.833. The Morgan fingerprint density at radius 1 is 0.816 bits per heavy atom. The second kappa shape index (κ2) is 15.9. The fourth-order valence-corrected chi connectivity index (χ4v) is 5.24. The zero-order chi connectivity index (χ0) is 28.2. The molecule has 14 heteroatoms. The van der Waals surface area contributed by atoms with Crippen molar-refractivity contribution in [3.63, 3.8) is 0 Å². The van der Waals surface area contributed by atoms with E-state index in [1.54, 1.807) is 4.90 Å². The van der Waals surface area contributed by atoms with E-state index in [1.807, 2.05) is 6.92 Å². The summed E-state index contributed by atoms with van der Waals surface area (Å²) in [6.45, 7) is 2.29. The maximum atomic E-state index is 11.9. The minimum atomic E-state index is -1.39. The minimum Gasteiger partial charge on any atom is -0.481 e. The summed E-state index contributed by atoms with van der Waals surface area (Å²) in [5, 5.41) is 52.5. The molecule has 1 aliphatic heterocycles. The van der Waals surface area contributed by atoms with Crippen LogP contribution < -0.4 is 5.32 Å². The van der Waals surface area contributed by atoms with Gasteiger partial charge in [0.15, 0.2) is 0 Å². The van der Waals surface area contributed by atoms with Crippen molar-refractivity contribution in [2.24, 2.45) is 5.92 Å².